The van der Waals surface area contributed by atoms with Crippen LogP contribution >= 0.6 is 11.8 Å². The number of carbonyl (C=O) groups is 1. The average Bonchev–Trinajstić information content (AvgIpc) is 2.89. The number of nitrogens with one attached hydrogen (secondary N) is 1. The molecule has 1 aromatic heterocycles. The van der Waals surface area contributed by atoms with Gasteiger partial charge in [0.1, 0.15) is 0 Å². The predicted molar refractivity (Wildman–Crippen MR) is 97.8 cm³/mol. The van der Waals surface area contributed by atoms with Gasteiger partial charge in [0, 0.05) is 13.1 Å². The van der Waals surface area contributed by atoms with E-state index in [0.29, 0.717) is 11.7 Å². The molecule has 1 aromatic carbocycles. The smallest absolute Gasteiger partial charge is 0.230 e. The molecular weight excluding hydrogens is 306 g/mol. The SMILES string of the molecule is CCCCNC(=O)CSc1nc2ccccc2n1CCC(C)C. The van der Waals surface area contributed by atoms with Crippen LogP contribution in [0.3, 0.4) is 0 Å². The van der Waals surface area contributed by atoms with Crippen LogP contribution in [-0.2, 0) is 11.3 Å². The van der Waals surface area contributed by atoms with Crippen molar-refractivity contribution in [3.05, 3.63) is 24.3 Å². The summed E-state index contributed by atoms with van der Waals surface area (Å²) in [7, 11) is 0. The molecule has 0 radical (unpaired) electrons. The molecule has 23 heavy (non-hydrogen) atoms. The molecule has 0 saturated heterocycles. The third-order valence-corrected chi connectivity index (χ3v) is 4.71. The Morgan fingerprint density at radius 3 is 2.87 bits per heavy atom. The van der Waals surface area contributed by atoms with Crippen LogP contribution in [0.15, 0.2) is 29.4 Å². The molecule has 4 nitrogen and oxygen atoms in total. The number of aryl methyl sites for hydroxylation is 1. The third-order valence-electron chi connectivity index (χ3n) is 3.73. The van der Waals surface area contributed by atoms with Crippen molar-refractivity contribution in [1.29, 1.82) is 0 Å². The van der Waals surface area contributed by atoms with Gasteiger partial charge in [-0.25, -0.2) is 4.98 Å². The molecule has 1 amide bonds. The number of carbonyl (C=O) groups excluding carboxylic acids is 1. The molecule has 0 atom stereocenters. The number of thioether (sulfide) groups is 1. The largest absolute Gasteiger partial charge is 0.355 e. The second-order valence-electron chi connectivity index (χ2n) is 6.21. The van der Waals surface area contributed by atoms with E-state index in [1.165, 1.54) is 11.8 Å². The average molecular weight is 334 g/mol. The maximum Gasteiger partial charge on any atom is 0.230 e. The minimum Gasteiger partial charge on any atom is -0.355 e. The number of imidazole rings is 1. The highest BCUT2D eigenvalue weighted by Gasteiger charge is 2.13. The number of para-hydroxylation sites is 2. The Labute approximate surface area is 143 Å². The highest BCUT2D eigenvalue weighted by atomic mass is 32.2. The molecule has 0 aliphatic carbocycles. The van der Waals surface area contributed by atoms with Crippen molar-refractivity contribution in [1.82, 2.24) is 14.9 Å². The van der Waals surface area contributed by atoms with E-state index < -0.39 is 0 Å². The molecule has 2 aromatic rings. The fourth-order valence-corrected chi connectivity index (χ4v) is 3.22. The maximum absolute atomic E-state index is 11.9. The Morgan fingerprint density at radius 2 is 2.13 bits per heavy atom. The summed E-state index contributed by atoms with van der Waals surface area (Å²) in [5, 5.41) is 3.90. The minimum atomic E-state index is 0.0888. The van der Waals surface area contributed by atoms with E-state index in [-0.39, 0.29) is 5.91 Å². The Morgan fingerprint density at radius 1 is 1.35 bits per heavy atom. The van der Waals surface area contributed by atoms with Gasteiger partial charge in [-0.1, -0.05) is 51.1 Å². The number of nitrogens with zero attached hydrogens (tertiary/aromatic N) is 2. The molecular formula is C18H27N3OS. The Balaban J connectivity index is 2.06. The number of aromatic nitrogens is 2. The zero-order valence-electron chi connectivity index (χ0n) is 14.3. The lowest BCUT2D eigenvalue weighted by molar-refractivity contribution is -0.118. The van der Waals surface area contributed by atoms with Crippen molar-refractivity contribution in [2.45, 2.75) is 51.7 Å². The van der Waals surface area contributed by atoms with Gasteiger partial charge in [0.05, 0.1) is 16.8 Å². The van der Waals surface area contributed by atoms with E-state index in [0.717, 1.165) is 48.5 Å². The second-order valence-corrected chi connectivity index (χ2v) is 7.15. The topological polar surface area (TPSA) is 46.9 Å². The van der Waals surface area contributed by atoms with E-state index in [4.69, 9.17) is 4.98 Å². The van der Waals surface area contributed by atoms with E-state index >= 15 is 0 Å². The molecule has 0 saturated carbocycles. The third kappa shape index (κ3) is 5.27. The number of fused-ring (bicyclic) bond motifs is 1. The Bertz CT molecular complexity index is 636. The van der Waals surface area contributed by atoms with Crippen LogP contribution in [0.2, 0.25) is 0 Å². The molecule has 5 heteroatoms. The number of hydrogen-bond donors (Lipinski definition) is 1. The van der Waals surface area contributed by atoms with E-state index in [1.54, 1.807) is 0 Å². The normalized spacial score (nSPS) is 11.3. The molecule has 0 spiro atoms. The summed E-state index contributed by atoms with van der Waals surface area (Å²) >= 11 is 1.53. The van der Waals surface area contributed by atoms with Crippen LogP contribution in [0.5, 0.6) is 0 Å². The van der Waals surface area contributed by atoms with E-state index in [1.807, 2.05) is 18.2 Å². The first kappa shape index (κ1) is 17.9. The monoisotopic (exact) mass is 333 g/mol. The molecule has 0 bridgehead atoms. The number of amides is 1. The lowest BCUT2D eigenvalue weighted by Gasteiger charge is -2.10. The second kappa shape index (κ2) is 8.96. The zero-order valence-corrected chi connectivity index (χ0v) is 15.2. The Hall–Kier alpha value is -1.49. The van der Waals surface area contributed by atoms with Crippen molar-refractivity contribution in [3.63, 3.8) is 0 Å². The molecule has 2 rings (SSSR count). The van der Waals surface area contributed by atoms with Crippen LogP contribution in [0.1, 0.15) is 40.0 Å². The molecule has 0 unspecified atom stereocenters. The predicted octanol–water partition coefficient (Wildman–Crippen LogP) is 4.09. The van der Waals surface area contributed by atoms with Gasteiger partial charge in [0.2, 0.25) is 5.91 Å². The number of rotatable bonds is 9. The van der Waals surface area contributed by atoms with Crippen LogP contribution in [0, 0.1) is 5.92 Å². The molecule has 1 heterocycles. The maximum atomic E-state index is 11.9. The first-order valence-electron chi connectivity index (χ1n) is 8.46. The van der Waals surface area contributed by atoms with Gasteiger partial charge in [0.25, 0.3) is 0 Å². The van der Waals surface area contributed by atoms with Gasteiger partial charge in [-0.2, -0.15) is 0 Å². The molecule has 0 fully saturated rings. The molecule has 126 valence electrons. The highest BCUT2D eigenvalue weighted by Crippen LogP contribution is 2.25. The van der Waals surface area contributed by atoms with Crippen molar-refractivity contribution in [2.75, 3.05) is 12.3 Å². The lowest BCUT2D eigenvalue weighted by Crippen LogP contribution is -2.26. The lowest BCUT2D eigenvalue weighted by atomic mass is 10.1. The first-order valence-corrected chi connectivity index (χ1v) is 9.45. The number of unbranched alkanes of at least 4 members (excludes halogenated alkanes) is 1. The molecule has 0 aliphatic rings. The number of hydrogen-bond acceptors (Lipinski definition) is 3. The fourth-order valence-electron chi connectivity index (χ4n) is 2.35. The van der Waals surface area contributed by atoms with Crippen molar-refractivity contribution in [3.8, 4) is 0 Å². The van der Waals surface area contributed by atoms with Crippen LogP contribution in [-0.4, -0.2) is 27.8 Å². The summed E-state index contributed by atoms with van der Waals surface area (Å²) in [6, 6.07) is 8.19. The van der Waals surface area contributed by atoms with Gasteiger partial charge in [-0.05, 0) is 30.9 Å². The van der Waals surface area contributed by atoms with Gasteiger partial charge in [0.15, 0.2) is 5.16 Å². The van der Waals surface area contributed by atoms with Crippen molar-refractivity contribution >= 4 is 28.7 Å². The van der Waals surface area contributed by atoms with Crippen molar-refractivity contribution < 1.29 is 4.79 Å². The summed E-state index contributed by atoms with van der Waals surface area (Å²) in [6.45, 7) is 8.29. The van der Waals surface area contributed by atoms with Gasteiger partial charge in [-0.3, -0.25) is 4.79 Å². The quantitative estimate of drug-likeness (QED) is 0.555. The zero-order chi connectivity index (χ0) is 16.7. The standard InChI is InChI=1S/C18H27N3OS/c1-4-5-11-19-17(22)13-23-18-20-15-8-6-7-9-16(15)21(18)12-10-14(2)3/h6-9,14H,4-5,10-13H2,1-3H3,(H,19,22). The summed E-state index contributed by atoms with van der Waals surface area (Å²) in [4.78, 5) is 16.6. The summed E-state index contributed by atoms with van der Waals surface area (Å²) < 4.78 is 2.25. The molecule has 0 aliphatic heterocycles. The minimum absolute atomic E-state index is 0.0888. The van der Waals surface area contributed by atoms with E-state index in [9.17, 15) is 4.79 Å². The fraction of sp³-hybridized carbons (Fsp3) is 0.556. The van der Waals surface area contributed by atoms with Gasteiger partial charge < -0.3 is 9.88 Å². The van der Waals surface area contributed by atoms with Crippen molar-refractivity contribution in [2.24, 2.45) is 5.92 Å². The van der Waals surface area contributed by atoms with Gasteiger partial charge in [-0.15, -0.1) is 0 Å². The highest BCUT2D eigenvalue weighted by molar-refractivity contribution is 7.99. The number of benzene rings is 1. The van der Waals surface area contributed by atoms with Crippen LogP contribution in [0.25, 0.3) is 11.0 Å². The summed E-state index contributed by atoms with van der Waals surface area (Å²) in [5.74, 6) is 1.16. The van der Waals surface area contributed by atoms with Crippen LogP contribution < -0.4 is 5.32 Å². The molecule has 1 N–H and O–H groups in total. The first-order chi connectivity index (χ1) is 11.1. The Kier molecular flexibility index (Phi) is 6.96. The van der Waals surface area contributed by atoms with Crippen LogP contribution in [0.4, 0.5) is 0 Å². The summed E-state index contributed by atoms with van der Waals surface area (Å²) in [6.07, 6.45) is 3.23. The van der Waals surface area contributed by atoms with E-state index in [2.05, 4.69) is 36.7 Å². The van der Waals surface area contributed by atoms with Gasteiger partial charge >= 0.3 is 0 Å². The summed E-state index contributed by atoms with van der Waals surface area (Å²) in [5.41, 5.74) is 2.16.